The first-order valence-corrected chi connectivity index (χ1v) is 11.1. The number of rotatable bonds is 19. The number of hydrazine groups is 1. The zero-order chi connectivity index (χ0) is 20.3. The van der Waals surface area contributed by atoms with Crippen molar-refractivity contribution in [3.8, 4) is 0 Å². The van der Waals surface area contributed by atoms with E-state index in [1.165, 1.54) is 57.8 Å². The first kappa shape index (κ1) is 24.5. The third-order valence-electron chi connectivity index (χ3n) is 5.05. The molecule has 0 saturated carbocycles. The minimum atomic E-state index is 0.172. The van der Waals surface area contributed by atoms with Crippen LogP contribution >= 0.6 is 0 Å². The van der Waals surface area contributed by atoms with Crippen molar-refractivity contribution in [1.82, 2.24) is 10.3 Å². The highest BCUT2D eigenvalue weighted by Crippen LogP contribution is 2.13. The van der Waals surface area contributed by atoms with Gasteiger partial charge in [0.2, 0.25) is 0 Å². The van der Waals surface area contributed by atoms with E-state index in [1.807, 2.05) is 0 Å². The lowest BCUT2D eigenvalue weighted by Crippen LogP contribution is -2.19. The molecule has 1 aromatic heterocycles. The van der Waals surface area contributed by atoms with Crippen molar-refractivity contribution in [3.63, 3.8) is 0 Å². The number of nitrogen functional groups attached to an aromatic ring is 1. The summed E-state index contributed by atoms with van der Waals surface area (Å²) >= 11 is 0. The lowest BCUT2D eigenvalue weighted by atomic mass is 10.0. The summed E-state index contributed by atoms with van der Waals surface area (Å²) in [7, 11) is 0. The van der Waals surface area contributed by atoms with Crippen molar-refractivity contribution < 1.29 is 4.79 Å². The van der Waals surface area contributed by atoms with Crippen LogP contribution in [0.15, 0.2) is 18.3 Å². The Hall–Kier alpha value is -1.50. The zero-order valence-corrected chi connectivity index (χ0v) is 17.6. The van der Waals surface area contributed by atoms with Crippen LogP contribution in [0, 0.1) is 0 Å². The van der Waals surface area contributed by atoms with Gasteiger partial charge in [-0.25, -0.2) is 10.8 Å². The van der Waals surface area contributed by atoms with Gasteiger partial charge >= 0.3 is 0 Å². The van der Waals surface area contributed by atoms with Crippen LogP contribution in [-0.4, -0.2) is 30.4 Å². The number of ketones is 1. The Kier molecular flexibility index (Phi) is 15.4. The third kappa shape index (κ3) is 12.8. The van der Waals surface area contributed by atoms with Crippen LogP contribution in [-0.2, 0) is 0 Å². The van der Waals surface area contributed by atoms with Gasteiger partial charge in [-0.3, -0.25) is 4.79 Å². The second-order valence-corrected chi connectivity index (χ2v) is 7.53. The number of aromatic nitrogens is 1. The Labute approximate surface area is 171 Å². The lowest BCUT2D eigenvalue weighted by molar-refractivity contribution is 0.0979. The van der Waals surface area contributed by atoms with Crippen molar-refractivity contribution >= 4 is 11.6 Å². The van der Waals surface area contributed by atoms with Gasteiger partial charge < -0.3 is 16.5 Å². The van der Waals surface area contributed by atoms with E-state index in [-0.39, 0.29) is 5.78 Å². The molecule has 6 heteroatoms. The van der Waals surface area contributed by atoms with Crippen LogP contribution in [0.3, 0.4) is 0 Å². The summed E-state index contributed by atoms with van der Waals surface area (Å²) in [6.45, 7) is 2.97. The minimum absolute atomic E-state index is 0.172. The van der Waals surface area contributed by atoms with Crippen molar-refractivity contribution in [2.45, 2.75) is 83.5 Å². The Morgan fingerprint density at radius 1 is 0.821 bits per heavy atom. The fraction of sp³-hybridized carbons (Fsp3) is 0.727. The molecule has 6 nitrogen and oxygen atoms in total. The molecule has 6 N–H and O–H groups in total. The van der Waals surface area contributed by atoms with Gasteiger partial charge in [-0.1, -0.05) is 57.8 Å². The molecular weight excluding hydrogens is 350 g/mol. The minimum Gasteiger partial charge on any atom is -0.330 e. The van der Waals surface area contributed by atoms with Crippen LogP contribution in [0.2, 0.25) is 0 Å². The van der Waals surface area contributed by atoms with Crippen molar-refractivity contribution in [2.24, 2.45) is 11.6 Å². The number of carbonyl (C=O) groups excluding carboxylic acids is 1. The van der Waals surface area contributed by atoms with E-state index in [9.17, 15) is 4.79 Å². The van der Waals surface area contributed by atoms with Gasteiger partial charge in [-0.05, 0) is 51.0 Å². The number of nitrogens with zero attached hydrogens (tertiary/aromatic N) is 1. The number of nitrogens with one attached hydrogen (secondary N) is 2. The van der Waals surface area contributed by atoms with Crippen molar-refractivity contribution in [1.29, 1.82) is 0 Å². The molecule has 0 saturated heterocycles. The molecule has 0 aromatic carbocycles. The maximum absolute atomic E-state index is 12.1. The number of hydrogen-bond acceptors (Lipinski definition) is 6. The van der Waals surface area contributed by atoms with E-state index in [4.69, 9.17) is 11.6 Å². The molecule has 0 spiro atoms. The number of anilines is 1. The summed E-state index contributed by atoms with van der Waals surface area (Å²) in [5.74, 6) is 6.02. The van der Waals surface area contributed by atoms with E-state index < -0.39 is 0 Å². The highest BCUT2D eigenvalue weighted by Gasteiger charge is 2.06. The van der Waals surface area contributed by atoms with Crippen molar-refractivity contribution in [2.75, 3.05) is 25.1 Å². The van der Waals surface area contributed by atoms with Gasteiger partial charge in [-0.2, -0.15) is 0 Å². The normalized spacial score (nSPS) is 10.9. The van der Waals surface area contributed by atoms with Crippen molar-refractivity contribution in [3.05, 3.63) is 23.9 Å². The zero-order valence-electron chi connectivity index (χ0n) is 17.6. The van der Waals surface area contributed by atoms with Crippen LogP contribution in [0.5, 0.6) is 0 Å². The highest BCUT2D eigenvalue weighted by atomic mass is 16.1. The first-order chi connectivity index (χ1) is 13.8. The number of hydrogen-bond donors (Lipinski definition) is 4. The van der Waals surface area contributed by atoms with Gasteiger partial charge in [0.25, 0.3) is 0 Å². The highest BCUT2D eigenvalue weighted by molar-refractivity contribution is 5.95. The Morgan fingerprint density at radius 2 is 1.39 bits per heavy atom. The molecule has 0 aliphatic heterocycles. The molecule has 0 aliphatic carbocycles. The number of nitrogens with two attached hydrogens (primary N) is 2. The van der Waals surface area contributed by atoms with E-state index in [1.54, 1.807) is 18.3 Å². The molecule has 0 bridgehead atoms. The van der Waals surface area contributed by atoms with Gasteiger partial charge in [0.05, 0.1) is 0 Å². The van der Waals surface area contributed by atoms with E-state index in [0.29, 0.717) is 17.8 Å². The molecule has 0 aliphatic rings. The maximum Gasteiger partial charge on any atom is 0.164 e. The smallest absolute Gasteiger partial charge is 0.164 e. The number of unbranched alkanes of at least 4 members (excludes halogenated alkanes) is 10. The second-order valence-electron chi connectivity index (χ2n) is 7.53. The topological polar surface area (TPSA) is 106 Å². The second kappa shape index (κ2) is 17.6. The van der Waals surface area contributed by atoms with Crippen LogP contribution < -0.4 is 22.3 Å². The standard InChI is InChI=1S/C22H41N5O/c23-16-12-18-25-17-11-9-7-5-3-1-2-4-6-8-10-13-21(28)20-14-15-22(27-24)26-19-20/h14-15,19,25H,1-13,16-18,23-24H2,(H,26,27). The number of Topliss-reactive ketones (excluding diaryl/α,β-unsaturated/α-hetero) is 1. The summed E-state index contributed by atoms with van der Waals surface area (Å²) in [5.41, 5.74) is 8.60. The molecule has 0 unspecified atom stereocenters. The largest absolute Gasteiger partial charge is 0.330 e. The average Bonchev–Trinajstić information content (AvgIpc) is 2.73. The summed E-state index contributed by atoms with van der Waals surface area (Å²) in [4.78, 5) is 16.2. The van der Waals surface area contributed by atoms with E-state index in [0.717, 1.165) is 38.9 Å². The van der Waals surface area contributed by atoms with Crippen LogP contribution in [0.4, 0.5) is 5.82 Å². The summed E-state index contributed by atoms with van der Waals surface area (Å²) in [5, 5.41) is 3.43. The van der Waals surface area contributed by atoms with E-state index >= 15 is 0 Å². The SMILES string of the molecule is NCCCNCCCCCCCCCCCCCC(=O)c1ccc(NN)nc1. The van der Waals surface area contributed by atoms with Crippen LogP contribution in [0.1, 0.15) is 93.8 Å². The molecular formula is C22H41N5O. The van der Waals surface area contributed by atoms with Gasteiger partial charge in [0, 0.05) is 18.2 Å². The summed E-state index contributed by atoms with van der Waals surface area (Å²) in [6.07, 6.45) is 17.3. The first-order valence-electron chi connectivity index (χ1n) is 11.1. The Morgan fingerprint density at radius 3 is 1.93 bits per heavy atom. The monoisotopic (exact) mass is 391 g/mol. The quantitative estimate of drug-likeness (QED) is 0.122. The van der Waals surface area contributed by atoms with Crippen LogP contribution in [0.25, 0.3) is 0 Å². The Balaban J connectivity index is 1.83. The summed E-state index contributed by atoms with van der Waals surface area (Å²) in [6, 6.07) is 3.51. The van der Waals surface area contributed by atoms with Gasteiger partial charge in [-0.15, -0.1) is 0 Å². The molecule has 0 radical (unpaired) electrons. The summed E-state index contributed by atoms with van der Waals surface area (Å²) < 4.78 is 0. The lowest BCUT2D eigenvalue weighted by Gasteiger charge is -2.05. The van der Waals surface area contributed by atoms with E-state index in [2.05, 4.69) is 15.7 Å². The fourth-order valence-electron chi connectivity index (χ4n) is 3.27. The maximum atomic E-state index is 12.1. The number of carbonyl (C=O) groups is 1. The molecule has 160 valence electrons. The van der Waals surface area contributed by atoms with Gasteiger partial charge in [0.1, 0.15) is 5.82 Å². The fourth-order valence-corrected chi connectivity index (χ4v) is 3.27. The number of pyridine rings is 1. The average molecular weight is 392 g/mol. The molecule has 1 heterocycles. The van der Waals surface area contributed by atoms with Gasteiger partial charge in [0.15, 0.2) is 5.78 Å². The molecule has 0 atom stereocenters. The molecule has 1 aromatic rings. The molecule has 28 heavy (non-hydrogen) atoms. The molecule has 0 amide bonds. The Bertz CT molecular complexity index is 492. The predicted molar refractivity (Wildman–Crippen MR) is 118 cm³/mol. The molecule has 0 fully saturated rings. The molecule has 1 rings (SSSR count). The predicted octanol–water partition coefficient (Wildman–Crippen LogP) is 4.17. The third-order valence-corrected chi connectivity index (χ3v) is 5.05.